The lowest BCUT2D eigenvalue weighted by Gasteiger charge is -2.47. The van der Waals surface area contributed by atoms with Crippen molar-refractivity contribution in [2.75, 3.05) is 31.1 Å². The van der Waals surface area contributed by atoms with Crippen molar-refractivity contribution in [3.8, 4) is 11.5 Å². The maximum atomic E-state index is 13.4. The molecule has 0 aliphatic carbocycles. The van der Waals surface area contributed by atoms with E-state index >= 15 is 0 Å². The SMILES string of the molecule is NS(=O)(=O)c1ccc(N2CCN(C3(c4ccc(Oc5ccc(Br)cc5)cc4)C(=O)NC(=O)NC3=O)CC2)cc1. The molecule has 2 fully saturated rings. The highest BCUT2D eigenvalue weighted by Gasteiger charge is 2.56. The van der Waals surface area contributed by atoms with E-state index in [-0.39, 0.29) is 4.90 Å². The van der Waals surface area contributed by atoms with Gasteiger partial charge in [0.05, 0.1) is 4.90 Å². The van der Waals surface area contributed by atoms with E-state index in [0.717, 1.165) is 10.2 Å². The first-order valence-electron chi connectivity index (χ1n) is 11.9. The molecule has 5 rings (SSSR count). The molecular formula is C26H24BrN5O6S. The number of hydrogen-bond acceptors (Lipinski definition) is 8. The third-order valence-electron chi connectivity index (χ3n) is 6.72. The summed E-state index contributed by atoms with van der Waals surface area (Å²) in [6.07, 6.45) is 0. The lowest BCUT2D eigenvalue weighted by molar-refractivity contribution is -0.149. The van der Waals surface area contributed by atoms with Crippen molar-refractivity contribution in [1.29, 1.82) is 0 Å². The number of anilines is 1. The Kier molecular flexibility index (Phi) is 7.16. The van der Waals surface area contributed by atoms with Gasteiger partial charge in [0.15, 0.2) is 0 Å². The maximum absolute atomic E-state index is 13.4. The van der Waals surface area contributed by atoms with Crippen LogP contribution in [0.5, 0.6) is 11.5 Å². The molecule has 4 N–H and O–H groups in total. The van der Waals surface area contributed by atoms with Crippen molar-refractivity contribution in [1.82, 2.24) is 15.5 Å². The van der Waals surface area contributed by atoms with Gasteiger partial charge in [-0.1, -0.05) is 28.1 Å². The summed E-state index contributed by atoms with van der Waals surface area (Å²) >= 11 is 3.38. The summed E-state index contributed by atoms with van der Waals surface area (Å²) in [4.78, 5) is 42.4. The van der Waals surface area contributed by atoms with E-state index in [0.29, 0.717) is 43.2 Å². The fourth-order valence-corrected chi connectivity index (χ4v) is 5.58. The van der Waals surface area contributed by atoms with Gasteiger partial charge < -0.3 is 9.64 Å². The number of carbonyl (C=O) groups is 3. The number of sulfonamides is 1. The number of halogens is 1. The number of nitrogens with two attached hydrogens (primary N) is 1. The number of primary sulfonamides is 1. The Morgan fingerprint density at radius 3 is 1.79 bits per heavy atom. The normalized spacial score (nSPS) is 17.9. The number of amides is 4. The number of nitrogens with one attached hydrogen (secondary N) is 2. The summed E-state index contributed by atoms with van der Waals surface area (Å²) in [5.74, 6) is -0.336. The number of hydrogen-bond donors (Lipinski definition) is 3. The van der Waals surface area contributed by atoms with Gasteiger partial charge in [-0.05, 0) is 66.2 Å². The lowest BCUT2D eigenvalue weighted by Crippen LogP contribution is -2.73. The van der Waals surface area contributed by atoms with Crippen molar-refractivity contribution < 1.29 is 27.5 Å². The number of rotatable bonds is 6. The average Bonchev–Trinajstić information content (AvgIpc) is 2.91. The van der Waals surface area contributed by atoms with E-state index in [4.69, 9.17) is 9.88 Å². The molecule has 0 unspecified atom stereocenters. The van der Waals surface area contributed by atoms with Gasteiger partial charge in [-0.25, -0.2) is 18.4 Å². The van der Waals surface area contributed by atoms with Gasteiger partial charge in [0.25, 0.3) is 11.8 Å². The summed E-state index contributed by atoms with van der Waals surface area (Å²) in [5.41, 5.74) is -0.606. The average molecular weight is 614 g/mol. The van der Waals surface area contributed by atoms with Crippen LogP contribution in [0.2, 0.25) is 0 Å². The summed E-state index contributed by atoms with van der Waals surface area (Å²) in [6.45, 7) is 1.50. The van der Waals surface area contributed by atoms with Crippen LogP contribution in [0, 0.1) is 0 Å². The minimum absolute atomic E-state index is 0.0108. The first kappa shape index (κ1) is 26.8. The quantitative estimate of drug-likeness (QED) is 0.358. The molecule has 0 radical (unpaired) electrons. The number of benzene rings is 3. The van der Waals surface area contributed by atoms with Crippen LogP contribution in [-0.2, 0) is 25.2 Å². The fraction of sp³-hybridized carbons (Fsp3) is 0.192. The molecule has 0 bridgehead atoms. The summed E-state index contributed by atoms with van der Waals surface area (Å²) in [5, 5.41) is 9.69. The molecule has 0 spiro atoms. The highest BCUT2D eigenvalue weighted by molar-refractivity contribution is 9.10. The van der Waals surface area contributed by atoms with Crippen molar-refractivity contribution in [3.05, 3.63) is 82.8 Å². The molecule has 2 heterocycles. The molecule has 0 saturated carbocycles. The largest absolute Gasteiger partial charge is 0.457 e. The van der Waals surface area contributed by atoms with Gasteiger partial charge in [-0.2, -0.15) is 0 Å². The van der Waals surface area contributed by atoms with E-state index < -0.39 is 33.4 Å². The predicted molar refractivity (Wildman–Crippen MR) is 146 cm³/mol. The zero-order chi connectivity index (χ0) is 27.8. The maximum Gasteiger partial charge on any atom is 0.328 e. The molecule has 11 nitrogen and oxygen atoms in total. The van der Waals surface area contributed by atoms with Crippen LogP contribution in [0.1, 0.15) is 5.56 Å². The number of piperazine rings is 1. The third kappa shape index (κ3) is 5.26. The van der Waals surface area contributed by atoms with E-state index in [1.165, 1.54) is 12.1 Å². The first-order chi connectivity index (χ1) is 18.6. The van der Waals surface area contributed by atoms with Crippen molar-refractivity contribution in [2.45, 2.75) is 10.4 Å². The summed E-state index contributed by atoms with van der Waals surface area (Å²) in [6, 6.07) is 19.2. The van der Waals surface area contributed by atoms with E-state index in [1.807, 2.05) is 17.0 Å². The Balaban J connectivity index is 1.39. The number of urea groups is 1. The predicted octanol–water partition coefficient (Wildman–Crippen LogP) is 2.27. The monoisotopic (exact) mass is 613 g/mol. The molecular weight excluding hydrogens is 590 g/mol. The molecule has 2 aliphatic heterocycles. The smallest absolute Gasteiger partial charge is 0.328 e. The fourth-order valence-electron chi connectivity index (χ4n) is 4.80. The van der Waals surface area contributed by atoms with Gasteiger partial charge >= 0.3 is 6.03 Å². The molecule has 2 saturated heterocycles. The van der Waals surface area contributed by atoms with Crippen molar-refractivity contribution in [3.63, 3.8) is 0 Å². The Bertz CT molecular complexity index is 1500. The van der Waals surface area contributed by atoms with Crippen molar-refractivity contribution >= 4 is 49.5 Å². The van der Waals surface area contributed by atoms with Crippen LogP contribution >= 0.6 is 15.9 Å². The topological polar surface area (TPSA) is 151 Å². The molecule has 202 valence electrons. The standard InChI is InChI=1S/C26H24BrN5O6S/c27-18-3-9-21(10-4-18)38-20-7-1-17(2-8-20)26(23(33)29-25(35)30-24(26)34)32-15-13-31(14-16-32)19-5-11-22(12-6-19)39(28,36)37/h1-12H,13-16H2,(H2,28,36,37)(H2,29,30,33,34,35). The molecule has 3 aromatic rings. The third-order valence-corrected chi connectivity index (χ3v) is 8.18. The number of ether oxygens (including phenoxy) is 1. The van der Waals surface area contributed by atoms with Gasteiger partial charge in [0.2, 0.25) is 15.6 Å². The number of nitrogens with zero attached hydrogens (tertiary/aromatic N) is 2. The summed E-state index contributed by atoms with van der Waals surface area (Å²) in [7, 11) is -3.81. The van der Waals surface area contributed by atoms with Crippen LogP contribution < -0.4 is 25.4 Å². The molecule has 4 amide bonds. The minimum atomic E-state index is -3.81. The molecule has 13 heteroatoms. The molecule has 2 aliphatic rings. The zero-order valence-corrected chi connectivity index (χ0v) is 22.9. The van der Waals surface area contributed by atoms with Crippen LogP contribution in [0.15, 0.2) is 82.2 Å². The Hall–Kier alpha value is -3.78. The molecule has 0 atom stereocenters. The van der Waals surface area contributed by atoms with E-state index in [9.17, 15) is 22.8 Å². The van der Waals surface area contributed by atoms with E-state index in [2.05, 4.69) is 26.6 Å². The van der Waals surface area contributed by atoms with Crippen LogP contribution in [0.4, 0.5) is 10.5 Å². The highest BCUT2D eigenvalue weighted by Crippen LogP contribution is 2.35. The molecule has 39 heavy (non-hydrogen) atoms. The zero-order valence-electron chi connectivity index (χ0n) is 20.5. The Morgan fingerprint density at radius 2 is 1.28 bits per heavy atom. The van der Waals surface area contributed by atoms with Crippen LogP contribution in [0.3, 0.4) is 0 Å². The molecule has 0 aromatic heterocycles. The van der Waals surface area contributed by atoms with Gasteiger partial charge in [-0.15, -0.1) is 0 Å². The Morgan fingerprint density at radius 1 is 0.769 bits per heavy atom. The Labute approximate surface area is 233 Å². The lowest BCUT2D eigenvalue weighted by atomic mass is 9.84. The van der Waals surface area contributed by atoms with Crippen LogP contribution in [-0.4, -0.2) is 57.3 Å². The van der Waals surface area contributed by atoms with Gasteiger partial charge in [0, 0.05) is 36.3 Å². The molecule has 3 aromatic carbocycles. The second-order valence-corrected chi connectivity index (χ2v) is 11.5. The highest BCUT2D eigenvalue weighted by atomic mass is 79.9. The van der Waals surface area contributed by atoms with Crippen LogP contribution in [0.25, 0.3) is 0 Å². The van der Waals surface area contributed by atoms with Gasteiger partial charge in [0.1, 0.15) is 11.5 Å². The van der Waals surface area contributed by atoms with E-state index in [1.54, 1.807) is 53.4 Å². The minimum Gasteiger partial charge on any atom is -0.457 e. The number of carbonyl (C=O) groups excluding carboxylic acids is 3. The van der Waals surface area contributed by atoms with Crippen molar-refractivity contribution in [2.24, 2.45) is 5.14 Å². The summed E-state index contributed by atoms with van der Waals surface area (Å²) < 4.78 is 29.9. The second kappa shape index (κ2) is 10.4. The second-order valence-electron chi connectivity index (χ2n) is 9.04. The number of imide groups is 2. The first-order valence-corrected chi connectivity index (χ1v) is 14.2. The number of barbiturate groups is 1. The van der Waals surface area contributed by atoms with Gasteiger partial charge in [-0.3, -0.25) is 25.1 Å².